The Morgan fingerprint density at radius 3 is 2.62 bits per heavy atom. The number of aliphatic hydroxyl groups excluding tert-OH is 1. The highest BCUT2D eigenvalue weighted by molar-refractivity contribution is 5.76. The molecule has 24 heavy (non-hydrogen) atoms. The van der Waals surface area contributed by atoms with Crippen molar-refractivity contribution in [1.82, 2.24) is 15.5 Å². The number of aryl methyl sites for hydroxylation is 2. The molecular weight excluding hydrogens is 302 g/mol. The zero-order valence-electron chi connectivity index (χ0n) is 14.2. The van der Waals surface area contributed by atoms with Crippen LogP contribution in [0.2, 0.25) is 0 Å². The zero-order chi connectivity index (χ0) is 17.1. The second-order valence-corrected chi connectivity index (χ2v) is 6.76. The Morgan fingerprint density at radius 2 is 2.04 bits per heavy atom. The van der Waals surface area contributed by atoms with E-state index in [1.807, 2.05) is 44.2 Å². The van der Waals surface area contributed by atoms with Crippen molar-refractivity contribution >= 4 is 5.91 Å². The van der Waals surface area contributed by atoms with Gasteiger partial charge in [0.25, 0.3) is 0 Å². The van der Waals surface area contributed by atoms with E-state index in [9.17, 15) is 9.90 Å². The summed E-state index contributed by atoms with van der Waals surface area (Å²) in [4.78, 5) is 12.4. The molecule has 1 atom stereocenters. The average Bonchev–Trinajstić information content (AvgIpc) is 2.88. The summed E-state index contributed by atoms with van der Waals surface area (Å²) in [5, 5.41) is 20.0. The number of aliphatic hydroxyl groups is 1. The number of benzene rings is 1. The van der Waals surface area contributed by atoms with Gasteiger partial charge in [0.15, 0.2) is 0 Å². The second kappa shape index (κ2) is 7.18. The highest BCUT2D eigenvalue weighted by Gasteiger charge is 2.35. The molecule has 1 saturated carbocycles. The third-order valence-corrected chi connectivity index (χ3v) is 5.04. The predicted molar refractivity (Wildman–Crippen MR) is 92.4 cm³/mol. The van der Waals surface area contributed by atoms with Crippen molar-refractivity contribution in [3.8, 4) is 0 Å². The van der Waals surface area contributed by atoms with Gasteiger partial charge in [-0.25, -0.2) is 0 Å². The van der Waals surface area contributed by atoms with Crippen LogP contribution in [-0.2, 0) is 11.2 Å². The zero-order valence-corrected chi connectivity index (χ0v) is 14.2. The van der Waals surface area contributed by atoms with Gasteiger partial charge >= 0.3 is 0 Å². The van der Waals surface area contributed by atoms with Gasteiger partial charge in [0.05, 0.1) is 17.8 Å². The van der Waals surface area contributed by atoms with Crippen molar-refractivity contribution in [2.24, 2.45) is 5.92 Å². The fraction of sp³-hybridized carbons (Fsp3) is 0.474. The van der Waals surface area contributed by atoms with Gasteiger partial charge in [0.2, 0.25) is 5.91 Å². The van der Waals surface area contributed by atoms with Gasteiger partial charge in [-0.1, -0.05) is 30.3 Å². The second-order valence-electron chi connectivity index (χ2n) is 6.76. The topological polar surface area (TPSA) is 78.0 Å². The molecule has 2 aromatic rings. The van der Waals surface area contributed by atoms with Gasteiger partial charge in [0, 0.05) is 18.5 Å². The molecule has 5 nitrogen and oxygen atoms in total. The van der Waals surface area contributed by atoms with Gasteiger partial charge in [-0.15, -0.1) is 0 Å². The Balaban J connectivity index is 1.62. The summed E-state index contributed by atoms with van der Waals surface area (Å²) in [6, 6.07) is 10.00. The van der Waals surface area contributed by atoms with Crippen LogP contribution in [0.4, 0.5) is 0 Å². The Morgan fingerprint density at radius 1 is 1.33 bits per heavy atom. The molecule has 0 aliphatic heterocycles. The molecule has 1 aliphatic carbocycles. The van der Waals surface area contributed by atoms with E-state index >= 15 is 0 Å². The smallest absolute Gasteiger partial charge is 0.220 e. The lowest BCUT2D eigenvalue weighted by Crippen LogP contribution is -2.41. The maximum Gasteiger partial charge on any atom is 0.220 e. The van der Waals surface area contributed by atoms with E-state index in [1.165, 1.54) is 0 Å². The molecule has 1 aliphatic rings. The summed E-state index contributed by atoms with van der Waals surface area (Å²) < 4.78 is 0. The SMILES string of the molecule is Cc1[nH]nc(CCC(=O)N[C@H](c2ccccc2)C2CC(O)C2)c1C. The molecular formula is C19H25N3O2. The van der Waals surface area contributed by atoms with E-state index < -0.39 is 0 Å². The van der Waals surface area contributed by atoms with Crippen LogP contribution in [0.15, 0.2) is 30.3 Å². The summed E-state index contributed by atoms with van der Waals surface area (Å²) >= 11 is 0. The first-order valence-electron chi connectivity index (χ1n) is 8.57. The summed E-state index contributed by atoms with van der Waals surface area (Å²) in [5.74, 6) is 0.339. The molecule has 3 N–H and O–H groups in total. The standard InChI is InChI=1S/C19H25N3O2/c1-12-13(2)21-22-17(12)8-9-18(24)20-19(15-10-16(23)11-15)14-6-4-3-5-7-14/h3-7,15-16,19,23H,8-11H2,1-2H3,(H,20,24)(H,21,22)/t15?,16?,19-/m1/s1. The van der Waals surface area contributed by atoms with Crippen LogP contribution in [0.3, 0.4) is 0 Å². The van der Waals surface area contributed by atoms with E-state index in [0.717, 1.165) is 35.4 Å². The van der Waals surface area contributed by atoms with Crippen LogP contribution in [0.5, 0.6) is 0 Å². The summed E-state index contributed by atoms with van der Waals surface area (Å²) in [6.07, 6.45) is 2.32. The molecule has 0 bridgehead atoms. The summed E-state index contributed by atoms with van der Waals surface area (Å²) in [6.45, 7) is 4.01. The minimum Gasteiger partial charge on any atom is -0.393 e. The number of carbonyl (C=O) groups is 1. The molecule has 1 amide bonds. The monoisotopic (exact) mass is 327 g/mol. The minimum absolute atomic E-state index is 0.0240. The molecule has 0 saturated heterocycles. The van der Waals surface area contributed by atoms with Crippen molar-refractivity contribution in [2.45, 2.75) is 51.7 Å². The maximum absolute atomic E-state index is 12.4. The lowest BCUT2D eigenvalue weighted by molar-refractivity contribution is -0.123. The van der Waals surface area contributed by atoms with Crippen LogP contribution in [0, 0.1) is 19.8 Å². The molecule has 1 aromatic heterocycles. The Bertz CT molecular complexity index is 690. The highest BCUT2D eigenvalue weighted by Crippen LogP contribution is 2.38. The van der Waals surface area contributed by atoms with Crippen LogP contribution >= 0.6 is 0 Å². The molecule has 1 aromatic carbocycles. The van der Waals surface area contributed by atoms with Crippen molar-refractivity contribution in [3.05, 3.63) is 52.8 Å². The predicted octanol–water partition coefficient (Wildman–Crippen LogP) is 2.59. The molecule has 1 fully saturated rings. The first-order chi connectivity index (χ1) is 11.5. The van der Waals surface area contributed by atoms with Crippen LogP contribution in [0.1, 0.15) is 47.8 Å². The number of amides is 1. The van der Waals surface area contributed by atoms with Crippen LogP contribution < -0.4 is 5.32 Å². The number of H-pyrrole nitrogens is 1. The van der Waals surface area contributed by atoms with Crippen molar-refractivity contribution in [2.75, 3.05) is 0 Å². The average molecular weight is 327 g/mol. The molecule has 0 spiro atoms. The van der Waals surface area contributed by atoms with Gasteiger partial charge in [-0.2, -0.15) is 5.10 Å². The van der Waals surface area contributed by atoms with E-state index in [1.54, 1.807) is 0 Å². The molecule has 0 unspecified atom stereocenters. The van der Waals surface area contributed by atoms with E-state index in [0.29, 0.717) is 18.8 Å². The summed E-state index contributed by atoms with van der Waals surface area (Å²) in [5.41, 5.74) is 4.24. The van der Waals surface area contributed by atoms with Crippen molar-refractivity contribution < 1.29 is 9.90 Å². The van der Waals surface area contributed by atoms with E-state index in [-0.39, 0.29) is 18.1 Å². The minimum atomic E-state index is -0.229. The Hall–Kier alpha value is -2.14. The fourth-order valence-corrected chi connectivity index (χ4v) is 3.29. The van der Waals surface area contributed by atoms with Crippen LogP contribution in [-0.4, -0.2) is 27.3 Å². The normalized spacial score (nSPS) is 21.1. The van der Waals surface area contributed by atoms with E-state index in [4.69, 9.17) is 0 Å². The first kappa shape index (κ1) is 16.7. The van der Waals surface area contributed by atoms with Gasteiger partial charge in [-0.3, -0.25) is 9.89 Å². The van der Waals surface area contributed by atoms with Crippen molar-refractivity contribution in [1.29, 1.82) is 0 Å². The number of aromatic nitrogens is 2. The number of hydrogen-bond donors (Lipinski definition) is 3. The lowest BCUT2D eigenvalue weighted by Gasteiger charge is -2.38. The maximum atomic E-state index is 12.4. The first-order valence-corrected chi connectivity index (χ1v) is 8.57. The number of nitrogens with zero attached hydrogens (tertiary/aromatic N) is 1. The molecule has 128 valence electrons. The number of aromatic amines is 1. The molecule has 0 radical (unpaired) electrons. The van der Waals surface area contributed by atoms with Crippen LogP contribution in [0.25, 0.3) is 0 Å². The Labute approximate surface area is 142 Å². The molecule has 3 rings (SSSR count). The van der Waals surface area contributed by atoms with Gasteiger partial charge in [0.1, 0.15) is 0 Å². The Kier molecular flexibility index (Phi) is 5.00. The summed E-state index contributed by atoms with van der Waals surface area (Å²) in [7, 11) is 0. The number of rotatable bonds is 6. The van der Waals surface area contributed by atoms with E-state index in [2.05, 4.69) is 15.5 Å². The van der Waals surface area contributed by atoms with Crippen molar-refractivity contribution in [3.63, 3.8) is 0 Å². The lowest BCUT2D eigenvalue weighted by atomic mass is 9.75. The fourth-order valence-electron chi connectivity index (χ4n) is 3.29. The third kappa shape index (κ3) is 3.67. The quantitative estimate of drug-likeness (QED) is 0.763. The van der Waals surface area contributed by atoms with Gasteiger partial charge in [-0.05, 0) is 43.7 Å². The third-order valence-electron chi connectivity index (χ3n) is 5.04. The molecule has 5 heteroatoms. The number of carbonyl (C=O) groups excluding carboxylic acids is 1. The highest BCUT2D eigenvalue weighted by atomic mass is 16.3. The number of nitrogens with one attached hydrogen (secondary N) is 2. The molecule has 1 heterocycles. The van der Waals surface area contributed by atoms with Gasteiger partial charge < -0.3 is 10.4 Å². The largest absolute Gasteiger partial charge is 0.393 e. The number of hydrogen-bond acceptors (Lipinski definition) is 3.